The molecule has 0 spiro atoms. The van der Waals surface area contributed by atoms with E-state index in [9.17, 15) is 0 Å². The van der Waals surface area contributed by atoms with Crippen LogP contribution in [0.2, 0.25) is 0 Å². The van der Waals surface area contributed by atoms with Crippen LogP contribution in [0.15, 0.2) is 23.2 Å². The summed E-state index contributed by atoms with van der Waals surface area (Å²) in [5, 5.41) is 6.75. The zero-order valence-electron chi connectivity index (χ0n) is 14.4. The summed E-state index contributed by atoms with van der Waals surface area (Å²) >= 11 is 0. The Hall–Kier alpha value is -0.850. The van der Waals surface area contributed by atoms with Gasteiger partial charge in [0.25, 0.3) is 0 Å². The Labute approximate surface area is 152 Å². The number of guanidine groups is 1. The van der Waals surface area contributed by atoms with Crippen LogP contribution >= 0.6 is 24.0 Å². The number of aromatic nitrogens is 1. The highest BCUT2D eigenvalue weighted by Crippen LogP contribution is 2.11. The van der Waals surface area contributed by atoms with Crippen LogP contribution in [0.4, 0.5) is 0 Å². The molecule has 1 aromatic rings. The fourth-order valence-corrected chi connectivity index (χ4v) is 2.28. The SMILES string of the molecule is CCCCC(CC)CNC(=NC)NCc1cccc(C)n1.I. The molecule has 1 heterocycles. The van der Waals surface area contributed by atoms with Gasteiger partial charge in [0.2, 0.25) is 0 Å². The minimum Gasteiger partial charge on any atom is -0.356 e. The monoisotopic (exact) mass is 418 g/mol. The molecule has 0 radical (unpaired) electrons. The summed E-state index contributed by atoms with van der Waals surface area (Å²) in [5.74, 6) is 1.58. The predicted molar refractivity (Wildman–Crippen MR) is 106 cm³/mol. The smallest absolute Gasteiger partial charge is 0.191 e. The van der Waals surface area contributed by atoms with E-state index in [1.54, 1.807) is 0 Å². The standard InChI is InChI=1S/C17H30N4.HI/c1-5-7-10-15(6-2)12-19-17(18-4)20-13-16-11-8-9-14(3)21-16;/h8-9,11,15H,5-7,10,12-13H2,1-4H3,(H2,18,19,20);1H. The zero-order chi connectivity index (χ0) is 15.5. The molecular weight excluding hydrogens is 387 g/mol. The van der Waals surface area contributed by atoms with Crippen molar-refractivity contribution in [3.63, 3.8) is 0 Å². The lowest BCUT2D eigenvalue weighted by atomic mass is 9.99. The molecule has 126 valence electrons. The quantitative estimate of drug-likeness (QED) is 0.383. The third-order valence-corrected chi connectivity index (χ3v) is 3.71. The van der Waals surface area contributed by atoms with Gasteiger partial charge in [0, 0.05) is 19.3 Å². The molecule has 5 heteroatoms. The molecule has 0 aliphatic carbocycles. The van der Waals surface area contributed by atoms with E-state index in [-0.39, 0.29) is 24.0 Å². The third kappa shape index (κ3) is 8.56. The fraction of sp³-hybridized carbons (Fsp3) is 0.647. The molecule has 0 aliphatic heterocycles. The van der Waals surface area contributed by atoms with Gasteiger partial charge >= 0.3 is 0 Å². The van der Waals surface area contributed by atoms with Crippen molar-refractivity contribution in [2.45, 2.75) is 53.0 Å². The first-order chi connectivity index (χ1) is 10.2. The van der Waals surface area contributed by atoms with Crippen LogP contribution in [-0.4, -0.2) is 24.5 Å². The van der Waals surface area contributed by atoms with Crippen LogP contribution in [-0.2, 0) is 6.54 Å². The van der Waals surface area contributed by atoms with E-state index in [1.807, 2.05) is 32.2 Å². The van der Waals surface area contributed by atoms with E-state index in [4.69, 9.17) is 0 Å². The summed E-state index contributed by atoms with van der Waals surface area (Å²) in [7, 11) is 1.81. The summed E-state index contributed by atoms with van der Waals surface area (Å²) < 4.78 is 0. The Kier molecular flexibility index (Phi) is 12.2. The molecule has 1 aromatic heterocycles. The second-order valence-electron chi connectivity index (χ2n) is 5.49. The Morgan fingerprint density at radius 2 is 2.05 bits per heavy atom. The summed E-state index contributed by atoms with van der Waals surface area (Å²) in [4.78, 5) is 8.76. The van der Waals surface area contributed by atoms with Gasteiger partial charge in [0.15, 0.2) is 5.96 Å². The minimum absolute atomic E-state index is 0. The van der Waals surface area contributed by atoms with E-state index < -0.39 is 0 Å². The first kappa shape index (κ1) is 21.1. The minimum atomic E-state index is 0. The maximum absolute atomic E-state index is 4.49. The highest BCUT2D eigenvalue weighted by molar-refractivity contribution is 14.0. The summed E-state index contributed by atoms with van der Waals surface area (Å²) in [6, 6.07) is 6.08. The Bertz CT molecular complexity index is 434. The van der Waals surface area contributed by atoms with Crippen molar-refractivity contribution in [3.05, 3.63) is 29.6 Å². The van der Waals surface area contributed by atoms with Gasteiger partial charge in [-0.05, 0) is 31.4 Å². The number of hydrogen-bond donors (Lipinski definition) is 2. The lowest BCUT2D eigenvalue weighted by molar-refractivity contribution is 0.443. The van der Waals surface area contributed by atoms with Crippen LogP contribution in [0, 0.1) is 12.8 Å². The van der Waals surface area contributed by atoms with Crippen molar-refractivity contribution in [3.8, 4) is 0 Å². The van der Waals surface area contributed by atoms with Gasteiger partial charge in [-0.25, -0.2) is 0 Å². The number of nitrogens with one attached hydrogen (secondary N) is 2. The average molecular weight is 418 g/mol. The molecule has 1 atom stereocenters. The average Bonchev–Trinajstić information content (AvgIpc) is 2.50. The normalized spacial score (nSPS) is 12.5. The third-order valence-electron chi connectivity index (χ3n) is 3.71. The molecular formula is C17H31IN4. The topological polar surface area (TPSA) is 49.3 Å². The summed E-state index contributed by atoms with van der Waals surface area (Å²) in [6.45, 7) is 8.20. The summed E-state index contributed by atoms with van der Waals surface area (Å²) in [5.41, 5.74) is 2.08. The number of hydrogen-bond acceptors (Lipinski definition) is 2. The Morgan fingerprint density at radius 3 is 2.64 bits per heavy atom. The van der Waals surface area contributed by atoms with Gasteiger partial charge in [-0.1, -0.05) is 39.2 Å². The number of rotatable bonds is 8. The largest absolute Gasteiger partial charge is 0.356 e. The molecule has 0 amide bonds. The van der Waals surface area contributed by atoms with Crippen molar-refractivity contribution >= 4 is 29.9 Å². The highest BCUT2D eigenvalue weighted by Gasteiger charge is 2.07. The lowest BCUT2D eigenvalue weighted by Crippen LogP contribution is -2.39. The first-order valence-corrected chi connectivity index (χ1v) is 8.06. The second kappa shape index (κ2) is 12.7. The van der Waals surface area contributed by atoms with Gasteiger partial charge in [-0.2, -0.15) is 0 Å². The molecule has 0 aromatic carbocycles. The molecule has 0 bridgehead atoms. The first-order valence-electron chi connectivity index (χ1n) is 8.06. The number of aliphatic imine (C=N–C) groups is 1. The van der Waals surface area contributed by atoms with Gasteiger partial charge in [0.05, 0.1) is 12.2 Å². The van der Waals surface area contributed by atoms with Gasteiger partial charge < -0.3 is 10.6 Å². The summed E-state index contributed by atoms with van der Waals surface area (Å²) in [6.07, 6.45) is 5.07. The zero-order valence-corrected chi connectivity index (χ0v) is 16.7. The van der Waals surface area contributed by atoms with Crippen molar-refractivity contribution in [2.24, 2.45) is 10.9 Å². The van der Waals surface area contributed by atoms with Crippen LogP contribution in [0.1, 0.15) is 50.9 Å². The number of unbranched alkanes of at least 4 members (excludes halogenated alkanes) is 1. The maximum atomic E-state index is 4.49. The van der Waals surface area contributed by atoms with E-state index >= 15 is 0 Å². The van der Waals surface area contributed by atoms with E-state index in [0.29, 0.717) is 6.54 Å². The molecule has 4 nitrogen and oxygen atoms in total. The van der Waals surface area contributed by atoms with Crippen LogP contribution in [0.5, 0.6) is 0 Å². The van der Waals surface area contributed by atoms with Gasteiger partial charge in [0.1, 0.15) is 0 Å². The van der Waals surface area contributed by atoms with E-state index in [1.165, 1.54) is 25.7 Å². The number of pyridine rings is 1. The van der Waals surface area contributed by atoms with E-state index in [2.05, 4.69) is 34.5 Å². The Balaban J connectivity index is 0.00000441. The van der Waals surface area contributed by atoms with Crippen molar-refractivity contribution < 1.29 is 0 Å². The van der Waals surface area contributed by atoms with Crippen LogP contribution < -0.4 is 10.6 Å². The van der Waals surface area contributed by atoms with Crippen molar-refractivity contribution in [2.75, 3.05) is 13.6 Å². The molecule has 0 saturated heterocycles. The fourth-order valence-electron chi connectivity index (χ4n) is 2.28. The molecule has 1 rings (SSSR count). The van der Waals surface area contributed by atoms with Gasteiger partial charge in [-0.15, -0.1) is 24.0 Å². The number of halogens is 1. The number of nitrogens with zero attached hydrogens (tertiary/aromatic N) is 2. The second-order valence-corrected chi connectivity index (χ2v) is 5.49. The lowest BCUT2D eigenvalue weighted by Gasteiger charge is -2.18. The predicted octanol–water partition coefficient (Wildman–Crippen LogP) is 3.89. The Morgan fingerprint density at radius 1 is 1.27 bits per heavy atom. The molecule has 2 N–H and O–H groups in total. The highest BCUT2D eigenvalue weighted by atomic mass is 127. The number of aryl methyl sites for hydroxylation is 1. The van der Waals surface area contributed by atoms with Crippen molar-refractivity contribution in [1.82, 2.24) is 15.6 Å². The molecule has 1 unspecified atom stereocenters. The maximum Gasteiger partial charge on any atom is 0.191 e. The van der Waals surface area contributed by atoms with E-state index in [0.717, 1.165) is 29.8 Å². The van der Waals surface area contributed by atoms with Crippen LogP contribution in [0.25, 0.3) is 0 Å². The van der Waals surface area contributed by atoms with Crippen LogP contribution in [0.3, 0.4) is 0 Å². The molecule has 22 heavy (non-hydrogen) atoms. The molecule has 0 aliphatic rings. The van der Waals surface area contributed by atoms with Gasteiger partial charge in [-0.3, -0.25) is 9.98 Å². The molecule has 0 fully saturated rings. The molecule has 0 saturated carbocycles. The van der Waals surface area contributed by atoms with Crippen molar-refractivity contribution in [1.29, 1.82) is 0 Å².